The van der Waals surface area contributed by atoms with Crippen molar-refractivity contribution >= 4 is 0 Å². The van der Waals surface area contributed by atoms with Gasteiger partial charge in [0.1, 0.15) is 0 Å². The molecule has 5 heteroatoms. The van der Waals surface area contributed by atoms with E-state index in [4.69, 9.17) is 14.2 Å². The van der Waals surface area contributed by atoms with E-state index in [0.717, 1.165) is 5.56 Å². The van der Waals surface area contributed by atoms with Crippen LogP contribution in [0.4, 0.5) is 0 Å². The molecule has 0 saturated carbocycles. The summed E-state index contributed by atoms with van der Waals surface area (Å²) >= 11 is 0. The van der Waals surface area contributed by atoms with Crippen LogP contribution in [0.3, 0.4) is 0 Å². The number of phenols is 1. The normalized spacial score (nSPS) is 10.9. The molecule has 0 fully saturated rings. The smallest absolute Gasteiger partial charge is 0.169 e. The van der Waals surface area contributed by atoms with Crippen LogP contribution in [0.1, 0.15) is 12.5 Å². The molecule has 0 aliphatic rings. The van der Waals surface area contributed by atoms with Crippen LogP contribution in [0, 0.1) is 0 Å². The zero-order chi connectivity index (χ0) is 13.4. The standard InChI is InChI=1S/C13H21NO4/c1-4-18-12-7-10(5-6-11(12)15)8-14-9-13(16-2)17-3/h5-7,13-15H,4,8-9H2,1-3H3. The average molecular weight is 255 g/mol. The average Bonchev–Trinajstić information content (AvgIpc) is 2.38. The Kier molecular flexibility index (Phi) is 6.49. The van der Waals surface area contributed by atoms with Gasteiger partial charge in [0, 0.05) is 27.3 Å². The summed E-state index contributed by atoms with van der Waals surface area (Å²) in [6, 6.07) is 5.30. The lowest BCUT2D eigenvalue weighted by Gasteiger charge is -2.14. The van der Waals surface area contributed by atoms with Crippen molar-refractivity contribution in [3.05, 3.63) is 23.8 Å². The molecule has 0 bridgehead atoms. The van der Waals surface area contributed by atoms with Gasteiger partial charge in [-0.3, -0.25) is 0 Å². The molecule has 0 aromatic heterocycles. The summed E-state index contributed by atoms with van der Waals surface area (Å²) in [5, 5.41) is 12.8. The van der Waals surface area contributed by atoms with Crippen molar-refractivity contribution in [3.63, 3.8) is 0 Å². The van der Waals surface area contributed by atoms with E-state index < -0.39 is 0 Å². The molecule has 0 saturated heterocycles. The summed E-state index contributed by atoms with van der Waals surface area (Å²) in [6.45, 7) is 3.66. The first kappa shape index (κ1) is 14.8. The number of nitrogens with one attached hydrogen (secondary N) is 1. The Labute approximate surface area is 108 Å². The lowest BCUT2D eigenvalue weighted by atomic mass is 10.2. The second-order valence-corrected chi connectivity index (χ2v) is 3.77. The Morgan fingerprint density at radius 1 is 1.28 bits per heavy atom. The topological polar surface area (TPSA) is 60.0 Å². The molecule has 1 aromatic carbocycles. The highest BCUT2D eigenvalue weighted by Crippen LogP contribution is 2.26. The first-order chi connectivity index (χ1) is 8.71. The Morgan fingerprint density at radius 2 is 2.00 bits per heavy atom. The van der Waals surface area contributed by atoms with Gasteiger partial charge in [-0.15, -0.1) is 0 Å². The number of aromatic hydroxyl groups is 1. The largest absolute Gasteiger partial charge is 0.504 e. The first-order valence-corrected chi connectivity index (χ1v) is 5.92. The first-order valence-electron chi connectivity index (χ1n) is 5.92. The molecule has 0 spiro atoms. The lowest BCUT2D eigenvalue weighted by Crippen LogP contribution is -2.29. The SMILES string of the molecule is CCOc1cc(CNCC(OC)OC)ccc1O. The Hall–Kier alpha value is -1.30. The highest BCUT2D eigenvalue weighted by Gasteiger charge is 2.06. The number of hydrogen-bond acceptors (Lipinski definition) is 5. The second-order valence-electron chi connectivity index (χ2n) is 3.77. The van der Waals surface area contributed by atoms with Crippen LogP contribution in [0.15, 0.2) is 18.2 Å². The minimum Gasteiger partial charge on any atom is -0.504 e. The lowest BCUT2D eigenvalue weighted by molar-refractivity contribution is -0.0989. The molecule has 0 amide bonds. The number of rotatable bonds is 8. The zero-order valence-electron chi connectivity index (χ0n) is 11.1. The van der Waals surface area contributed by atoms with E-state index >= 15 is 0 Å². The Balaban J connectivity index is 2.49. The van der Waals surface area contributed by atoms with Gasteiger partial charge in [0.2, 0.25) is 0 Å². The third kappa shape index (κ3) is 4.52. The minimum atomic E-state index is -0.256. The quantitative estimate of drug-likeness (QED) is 0.689. The van der Waals surface area contributed by atoms with E-state index in [1.807, 2.05) is 19.1 Å². The molecule has 0 atom stereocenters. The summed E-state index contributed by atoms with van der Waals surface area (Å²) in [7, 11) is 3.20. The second kappa shape index (κ2) is 7.92. The van der Waals surface area contributed by atoms with Gasteiger partial charge in [0.05, 0.1) is 6.61 Å². The van der Waals surface area contributed by atoms with Gasteiger partial charge in [0.15, 0.2) is 17.8 Å². The number of phenolic OH excluding ortho intramolecular Hbond substituents is 1. The molecular weight excluding hydrogens is 234 g/mol. The van der Waals surface area contributed by atoms with Crippen molar-refractivity contribution in [3.8, 4) is 11.5 Å². The molecular formula is C13H21NO4. The maximum absolute atomic E-state index is 9.57. The van der Waals surface area contributed by atoms with E-state index in [9.17, 15) is 5.11 Å². The number of benzene rings is 1. The maximum atomic E-state index is 9.57. The maximum Gasteiger partial charge on any atom is 0.169 e. The van der Waals surface area contributed by atoms with Crippen molar-refractivity contribution in [1.29, 1.82) is 0 Å². The van der Waals surface area contributed by atoms with Crippen molar-refractivity contribution < 1.29 is 19.3 Å². The van der Waals surface area contributed by atoms with Crippen molar-refractivity contribution in [1.82, 2.24) is 5.32 Å². The molecule has 102 valence electrons. The number of methoxy groups -OCH3 is 2. The summed E-state index contributed by atoms with van der Waals surface area (Å²) in [6.07, 6.45) is -0.256. The Morgan fingerprint density at radius 3 is 2.61 bits per heavy atom. The number of hydrogen-bond donors (Lipinski definition) is 2. The Bertz CT molecular complexity index is 353. The monoisotopic (exact) mass is 255 g/mol. The highest BCUT2D eigenvalue weighted by molar-refractivity contribution is 5.41. The summed E-state index contributed by atoms with van der Waals surface area (Å²) < 4.78 is 15.5. The third-order valence-electron chi connectivity index (χ3n) is 2.49. The third-order valence-corrected chi connectivity index (χ3v) is 2.49. The van der Waals surface area contributed by atoms with Crippen molar-refractivity contribution in [2.45, 2.75) is 19.8 Å². The van der Waals surface area contributed by atoms with Crippen LogP contribution in [-0.2, 0) is 16.0 Å². The molecule has 5 nitrogen and oxygen atoms in total. The molecule has 0 radical (unpaired) electrons. The summed E-state index contributed by atoms with van der Waals surface area (Å²) in [5.74, 6) is 0.666. The number of ether oxygens (including phenoxy) is 3. The molecule has 1 rings (SSSR count). The van der Waals surface area contributed by atoms with Crippen LogP contribution in [0.5, 0.6) is 11.5 Å². The van der Waals surface area contributed by atoms with Gasteiger partial charge in [-0.1, -0.05) is 6.07 Å². The van der Waals surface area contributed by atoms with Crippen LogP contribution in [-0.4, -0.2) is 38.8 Å². The van der Waals surface area contributed by atoms with E-state index in [1.54, 1.807) is 20.3 Å². The van der Waals surface area contributed by atoms with Crippen molar-refractivity contribution in [2.75, 3.05) is 27.4 Å². The van der Waals surface area contributed by atoms with E-state index in [-0.39, 0.29) is 12.0 Å². The summed E-state index contributed by atoms with van der Waals surface area (Å²) in [5.41, 5.74) is 1.03. The van der Waals surface area contributed by atoms with Crippen LogP contribution >= 0.6 is 0 Å². The summed E-state index contributed by atoms with van der Waals surface area (Å²) in [4.78, 5) is 0. The molecule has 1 aromatic rings. The van der Waals surface area contributed by atoms with Gasteiger partial charge >= 0.3 is 0 Å². The molecule has 0 aliphatic heterocycles. The fourth-order valence-electron chi connectivity index (χ4n) is 1.54. The molecule has 18 heavy (non-hydrogen) atoms. The van der Waals surface area contributed by atoms with E-state index in [1.165, 1.54) is 0 Å². The fraction of sp³-hybridized carbons (Fsp3) is 0.538. The molecule has 0 aliphatic carbocycles. The zero-order valence-corrected chi connectivity index (χ0v) is 11.1. The predicted octanol–water partition coefficient (Wildman–Crippen LogP) is 1.50. The van der Waals surface area contributed by atoms with E-state index in [2.05, 4.69) is 5.32 Å². The highest BCUT2D eigenvalue weighted by atomic mass is 16.7. The fourth-order valence-corrected chi connectivity index (χ4v) is 1.54. The van der Waals surface area contributed by atoms with Gasteiger partial charge in [-0.25, -0.2) is 0 Å². The molecule has 2 N–H and O–H groups in total. The van der Waals surface area contributed by atoms with E-state index in [0.29, 0.717) is 25.4 Å². The van der Waals surface area contributed by atoms with Gasteiger partial charge < -0.3 is 24.6 Å². The van der Waals surface area contributed by atoms with Gasteiger partial charge in [0.25, 0.3) is 0 Å². The predicted molar refractivity (Wildman–Crippen MR) is 68.8 cm³/mol. The minimum absolute atomic E-state index is 0.159. The van der Waals surface area contributed by atoms with Crippen LogP contribution in [0.25, 0.3) is 0 Å². The van der Waals surface area contributed by atoms with Crippen molar-refractivity contribution in [2.24, 2.45) is 0 Å². The van der Waals surface area contributed by atoms with Gasteiger partial charge in [-0.2, -0.15) is 0 Å². The van der Waals surface area contributed by atoms with Crippen LogP contribution < -0.4 is 10.1 Å². The van der Waals surface area contributed by atoms with Gasteiger partial charge in [-0.05, 0) is 24.6 Å². The van der Waals surface area contributed by atoms with Crippen LogP contribution in [0.2, 0.25) is 0 Å². The molecule has 0 unspecified atom stereocenters. The molecule has 0 heterocycles.